The van der Waals surface area contributed by atoms with Crippen LogP contribution >= 0.6 is 0 Å². The van der Waals surface area contributed by atoms with Gasteiger partial charge in [0.05, 0.1) is 0 Å². The number of rotatable bonds is 14. The Morgan fingerprint density at radius 1 is 0.725 bits per heavy atom. The Labute approximate surface area is 234 Å². The van der Waals surface area contributed by atoms with E-state index in [0.29, 0.717) is 5.92 Å². The summed E-state index contributed by atoms with van der Waals surface area (Å²) in [5.74, 6) is -8.67. The van der Waals surface area contributed by atoms with Crippen LogP contribution in [0.25, 0.3) is 6.08 Å². The number of benzene rings is 1. The molecule has 2 saturated carbocycles. The van der Waals surface area contributed by atoms with Gasteiger partial charge in [-0.05, 0) is 79.9 Å². The van der Waals surface area contributed by atoms with Crippen LogP contribution in [0.1, 0.15) is 109 Å². The van der Waals surface area contributed by atoms with Crippen molar-refractivity contribution in [3.63, 3.8) is 0 Å². The second-order valence-corrected chi connectivity index (χ2v) is 12.0. The lowest BCUT2D eigenvalue weighted by molar-refractivity contribution is -0.358. The van der Waals surface area contributed by atoms with E-state index in [1.54, 1.807) is 12.1 Å². The van der Waals surface area contributed by atoms with Crippen molar-refractivity contribution in [2.24, 2.45) is 23.7 Å². The highest BCUT2D eigenvalue weighted by Crippen LogP contribution is 2.47. The second kappa shape index (κ2) is 14.9. The van der Waals surface area contributed by atoms with Crippen molar-refractivity contribution < 1.29 is 35.5 Å². The zero-order chi connectivity index (χ0) is 29.2. The number of halogens is 7. The summed E-state index contributed by atoms with van der Waals surface area (Å²) in [7, 11) is 0. The smallest absolute Gasteiger partial charge is 0.460 e. The van der Waals surface area contributed by atoms with Gasteiger partial charge in [-0.25, -0.2) is 0 Å². The average molecular weight is 579 g/mol. The Hall–Kier alpha value is -1.73. The molecule has 0 amide bonds. The highest BCUT2D eigenvalue weighted by molar-refractivity contribution is 5.50. The topological polar surface area (TPSA) is 9.23 Å². The highest BCUT2D eigenvalue weighted by Gasteiger charge is 2.73. The van der Waals surface area contributed by atoms with E-state index in [9.17, 15) is 30.7 Å². The van der Waals surface area contributed by atoms with E-state index < -0.39 is 24.6 Å². The summed E-state index contributed by atoms with van der Waals surface area (Å²) in [5, 5.41) is 0. The molecule has 0 atom stereocenters. The van der Waals surface area contributed by atoms with Gasteiger partial charge in [-0.2, -0.15) is 30.7 Å². The number of unbranched alkanes of at least 4 members (excludes halogenated alkanes) is 5. The van der Waals surface area contributed by atoms with Gasteiger partial charge in [-0.15, -0.1) is 0 Å². The highest BCUT2D eigenvalue weighted by atomic mass is 19.4. The summed E-state index contributed by atoms with van der Waals surface area (Å²) in [6.45, 7) is 0.186. The molecule has 0 radical (unpaired) electrons. The normalized spacial score (nSPS) is 24.9. The predicted octanol–water partition coefficient (Wildman–Crippen LogP) is 11.3. The van der Waals surface area contributed by atoms with Crippen LogP contribution in [0.5, 0.6) is 5.75 Å². The van der Waals surface area contributed by atoms with Gasteiger partial charge in [0.1, 0.15) is 5.75 Å². The maximum atomic E-state index is 13.4. The van der Waals surface area contributed by atoms with Gasteiger partial charge in [-0.3, -0.25) is 0 Å². The van der Waals surface area contributed by atoms with E-state index >= 15 is 0 Å². The van der Waals surface area contributed by atoms with Crippen molar-refractivity contribution in [2.75, 3.05) is 6.61 Å². The van der Waals surface area contributed by atoms with E-state index in [-0.39, 0.29) is 5.75 Å². The molecule has 1 nitrogen and oxygen atoms in total. The third-order valence-corrected chi connectivity index (χ3v) is 9.02. The molecule has 0 unspecified atom stereocenters. The average Bonchev–Trinajstić information content (AvgIpc) is 2.93. The predicted molar refractivity (Wildman–Crippen MR) is 146 cm³/mol. The number of hydrogen-bond donors (Lipinski definition) is 0. The Morgan fingerprint density at radius 3 is 1.85 bits per heavy atom. The molecule has 2 aliphatic carbocycles. The van der Waals surface area contributed by atoms with Crippen LogP contribution in [0, 0.1) is 23.7 Å². The van der Waals surface area contributed by atoms with Crippen molar-refractivity contribution in [3.8, 4) is 5.75 Å². The Bertz CT molecular complexity index is 878. The molecule has 8 heteroatoms. The molecule has 2 aliphatic rings. The SMILES string of the molecule is CCCCCCCC[C@H]1CC[C@H]([C@H]2CC[C@H](C=Cc3ccc(OCC(F)(F)C(F)(F)C(F)(F)F)cc3)CC2)CC1. The minimum Gasteiger partial charge on any atom is -0.487 e. The molecule has 2 fully saturated rings. The number of alkyl halides is 7. The number of hydrogen-bond acceptors (Lipinski definition) is 1. The van der Waals surface area contributed by atoms with Crippen molar-refractivity contribution >= 4 is 6.08 Å². The molecule has 0 heterocycles. The van der Waals surface area contributed by atoms with E-state index in [1.165, 1.54) is 95.6 Å². The minimum absolute atomic E-state index is 0.197. The largest absolute Gasteiger partial charge is 0.487 e. The van der Waals surface area contributed by atoms with Crippen LogP contribution in [0.4, 0.5) is 30.7 Å². The maximum Gasteiger partial charge on any atom is 0.460 e. The first-order chi connectivity index (χ1) is 18.9. The summed E-state index contributed by atoms with van der Waals surface area (Å²) >= 11 is 0. The molecule has 3 rings (SSSR count). The van der Waals surface area contributed by atoms with E-state index in [1.807, 2.05) is 6.08 Å². The van der Waals surface area contributed by atoms with Gasteiger partial charge in [-0.1, -0.05) is 89.0 Å². The van der Waals surface area contributed by atoms with Gasteiger partial charge in [0, 0.05) is 0 Å². The van der Waals surface area contributed by atoms with Crippen LogP contribution in [0.3, 0.4) is 0 Å². The summed E-state index contributed by atoms with van der Waals surface area (Å²) in [6.07, 6.45) is 17.7. The Kier molecular flexibility index (Phi) is 12.3. The third-order valence-electron chi connectivity index (χ3n) is 9.02. The van der Waals surface area contributed by atoms with E-state index in [0.717, 1.165) is 36.2 Å². The molecule has 0 aromatic heterocycles. The molecular weight excluding hydrogens is 533 g/mol. The molecule has 1 aromatic carbocycles. The number of allylic oxidation sites excluding steroid dienone is 1. The molecule has 0 aliphatic heterocycles. The van der Waals surface area contributed by atoms with Crippen LogP contribution in [0.2, 0.25) is 0 Å². The summed E-state index contributed by atoms with van der Waals surface area (Å²) in [5.41, 5.74) is 0.783. The van der Waals surface area contributed by atoms with Crippen molar-refractivity contribution in [3.05, 3.63) is 35.9 Å². The maximum absolute atomic E-state index is 13.4. The van der Waals surface area contributed by atoms with Crippen molar-refractivity contribution in [1.29, 1.82) is 0 Å². The molecule has 0 saturated heterocycles. The zero-order valence-electron chi connectivity index (χ0n) is 23.6. The molecule has 0 bridgehead atoms. The van der Waals surface area contributed by atoms with Gasteiger partial charge >= 0.3 is 18.0 Å². The number of ether oxygens (including phenoxy) is 1. The molecule has 40 heavy (non-hydrogen) atoms. The minimum atomic E-state index is -6.36. The first-order valence-corrected chi connectivity index (χ1v) is 15.2. The van der Waals surface area contributed by atoms with Crippen molar-refractivity contribution in [2.45, 2.75) is 121 Å². The van der Waals surface area contributed by atoms with Crippen LogP contribution in [-0.4, -0.2) is 24.6 Å². The first kappa shape index (κ1) is 32.8. The van der Waals surface area contributed by atoms with Gasteiger partial charge in [0.2, 0.25) is 0 Å². The standard InChI is InChI=1S/C32H45F7O/c1-2-3-4-5-6-7-8-24-11-17-27(18-12-24)28-19-13-25(14-20-28)9-10-26-15-21-29(22-16-26)40-23-30(33,34)31(35,36)32(37,38)39/h9-10,15-16,21-22,24-25,27-28H,2-8,11-14,17-20,23H2,1H3/t24-,25-,27-,28-. The van der Waals surface area contributed by atoms with Gasteiger partial charge in [0.15, 0.2) is 6.61 Å². The molecule has 0 spiro atoms. The Balaban J connectivity index is 1.35. The summed E-state index contributed by atoms with van der Waals surface area (Å²) in [6, 6.07) is 5.73. The van der Waals surface area contributed by atoms with Gasteiger partial charge in [0.25, 0.3) is 0 Å². The Morgan fingerprint density at radius 2 is 1.27 bits per heavy atom. The van der Waals surface area contributed by atoms with Crippen LogP contribution in [-0.2, 0) is 0 Å². The lowest BCUT2D eigenvalue weighted by atomic mass is 9.68. The summed E-state index contributed by atoms with van der Waals surface area (Å²) in [4.78, 5) is 0. The molecule has 1 aromatic rings. The van der Waals surface area contributed by atoms with Gasteiger partial charge < -0.3 is 4.74 Å². The fourth-order valence-electron chi connectivity index (χ4n) is 6.36. The second-order valence-electron chi connectivity index (χ2n) is 12.0. The molecular formula is C32H45F7O. The monoisotopic (exact) mass is 578 g/mol. The van der Waals surface area contributed by atoms with Crippen LogP contribution < -0.4 is 4.74 Å². The summed E-state index contributed by atoms with van der Waals surface area (Å²) < 4.78 is 94.2. The lowest BCUT2D eigenvalue weighted by Crippen LogP contribution is -2.54. The quantitative estimate of drug-likeness (QED) is 0.158. The zero-order valence-corrected chi connectivity index (χ0v) is 23.6. The first-order valence-electron chi connectivity index (χ1n) is 15.2. The lowest BCUT2D eigenvalue weighted by Gasteiger charge is -2.37. The fraction of sp³-hybridized carbons (Fsp3) is 0.750. The van der Waals surface area contributed by atoms with Crippen LogP contribution in [0.15, 0.2) is 30.3 Å². The fourth-order valence-corrected chi connectivity index (χ4v) is 6.36. The van der Waals surface area contributed by atoms with E-state index in [4.69, 9.17) is 0 Å². The molecule has 228 valence electrons. The molecule has 0 N–H and O–H groups in total. The van der Waals surface area contributed by atoms with E-state index in [2.05, 4.69) is 17.7 Å². The van der Waals surface area contributed by atoms with Crippen molar-refractivity contribution in [1.82, 2.24) is 0 Å². The third kappa shape index (κ3) is 9.40.